The van der Waals surface area contributed by atoms with Gasteiger partial charge in [0.05, 0.1) is 6.61 Å². The molecule has 0 unspecified atom stereocenters. The summed E-state index contributed by atoms with van der Waals surface area (Å²) in [6.45, 7) is 3.44. The van der Waals surface area contributed by atoms with Gasteiger partial charge in [-0.3, -0.25) is 5.43 Å². The number of amides is 1. The first-order valence-corrected chi connectivity index (χ1v) is 13.7. The molecule has 190 valence electrons. The van der Waals surface area contributed by atoms with Crippen LogP contribution in [0.4, 0.5) is 4.79 Å². The predicted molar refractivity (Wildman–Crippen MR) is 138 cm³/mol. The van der Waals surface area contributed by atoms with Crippen LogP contribution in [0.2, 0.25) is 0 Å². The highest BCUT2D eigenvalue weighted by Crippen LogP contribution is 2.14. The third kappa shape index (κ3) is 19.4. The Balaban J connectivity index is 1.74. The van der Waals surface area contributed by atoms with E-state index in [1.165, 1.54) is 95.5 Å². The van der Waals surface area contributed by atoms with Crippen molar-refractivity contribution >= 4 is 6.09 Å². The minimum Gasteiger partial charge on any atom is -0.508 e. The molecule has 0 aliphatic heterocycles. The number of phenols is 1. The van der Waals surface area contributed by atoms with Crippen LogP contribution >= 0.6 is 0 Å². The van der Waals surface area contributed by atoms with E-state index in [4.69, 9.17) is 4.74 Å². The zero-order valence-corrected chi connectivity index (χ0v) is 21.2. The fraction of sp³-hybridized carbons (Fsp3) is 0.750. The maximum absolute atomic E-state index is 11.7. The number of phenolic OH excluding ortho intramolecular Hbond substituents is 1. The number of carbonyl (C=O) groups is 1. The lowest BCUT2D eigenvalue weighted by molar-refractivity contribution is 0.139. The van der Waals surface area contributed by atoms with Crippen molar-refractivity contribution in [3.63, 3.8) is 0 Å². The molecule has 1 amide bonds. The molecule has 1 aromatic rings. The molecular formula is C28H50N2O3. The Kier molecular flexibility index (Phi) is 19.6. The van der Waals surface area contributed by atoms with Crippen LogP contribution in [0, 0.1) is 0 Å². The maximum Gasteiger partial charge on any atom is 0.421 e. The van der Waals surface area contributed by atoms with E-state index in [2.05, 4.69) is 17.8 Å². The number of ether oxygens (including phenoxy) is 1. The Morgan fingerprint density at radius 1 is 0.727 bits per heavy atom. The monoisotopic (exact) mass is 462 g/mol. The first kappa shape index (κ1) is 29.3. The molecule has 0 saturated carbocycles. The number of hydrazine groups is 1. The van der Waals surface area contributed by atoms with Crippen molar-refractivity contribution in [2.75, 3.05) is 13.2 Å². The summed E-state index contributed by atoms with van der Waals surface area (Å²) in [5.41, 5.74) is 6.65. The van der Waals surface area contributed by atoms with Crippen molar-refractivity contribution in [2.45, 2.75) is 122 Å². The third-order valence-corrected chi connectivity index (χ3v) is 6.13. The molecule has 5 nitrogen and oxygen atoms in total. The van der Waals surface area contributed by atoms with E-state index < -0.39 is 6.09 Å². The van der Waals surface area contributed by atoms with E-state index in [0.29, 0.717) is 13.2 Å². The van der Waals surface area contributed by atoms with E-state index in [1.807, 2.05) is 12.1 Å². The van der Waals surface area contributed by atoms with Gasteiger partial charge in [0.1, 0.15) is 5.75 Å². The number of carbonyl (C=O) groups excluding carboxylic acids is 1. The smallest absolute Gasteiger partial charge is 0.421 e. The molecule has 33 heavy (non-hydrogen) atoms. The molecular weight excluding hydrogens is 412 g/mol. The lowest BCUT2D eigenvalue weighted by Crippen LogP contribution is -2.38. The van der Waals surface area contributed by atoms with Crippen LogP contribution in [-0.2, 0) is 11.2 Å². The first-order chi connectivity index (χ1) is 16.2. The van der Waals surface area contributed by atoms with E-state index in [9.17, 15) is 9.90 Å². The van der Waals surface area contributed by atoms with E-state index >= 15 is 0 Å². The zero-order chi connectivity index (χ0) is 23.8. The number of benzene rings is 1. The number of unbranched alkanes of at least 4 members (excludes halogenated alkanes) is 15. The predicted octanol–water partition coefficient (Wildman–Crippen LogP) is 7.82. The molecule has 0 spiro atoms. The van der Waals surface area contributed by atoms with Crippen molar-refractivity contribution < 1.29 is 14.6 Å². The van der Waals surface area contributed by atoms with E-state index in [0.717, 1.165) is 25.7 Å². The normalized spacial score (nSPS) is 10.9. The number of aryl methyl sites for hydroxylation is 1. The SMILES string of the molecule is CCCCCCCCCCCCCCCCCCOC(=O)NNCCCc1ccc(O)cc1. The van der Waals surface area contributed by atoms with Gasteiger partial charge in [-0.05, 0) is 37.0 Å². The minimum absolute atomic E-state index is 0.283. The zero-order valence-electron chi connectivity index (χ0n) is 21.2. The molecule has 3 N–H and O–H groups in total. The van der Waals surface area contributed by atoms with Crippen LogP contribution in [0.3, 0.4) is 0 Å². The van der Waals surface area contributed by atoms with Gasteiger partial charge < -0.3 is 9.84 Å². The molecule has 0 atom stereocenters. The molecule has 0 bridgehead atoms. The summed E-state index contributed by atoms with van der Waals surface area (Å²) in [4.78, 5) is 11.7. The van der Waals surface area contributed by atoms with Gasteiger partial charge in [-0.1, -0.05) is 115 Å². The van der Waals surface area contributed by atoms with Crippen molar-refractivity contribution in [3.8, 4) is 5.75 Å². The van der Waals surface area contributed by atoms with Gasteiger partial charge in [0, 0.05) is 6.54 Å². The highest BCUT2D eigenvalue weighted by atomic mass is 16.6. The van der Waals surface area contributed by atoms with Gasteiger partial charge in [0.2, 0.25) is 0 Å². The fourth-order valence-electron chi connectivity index (χ4n) is 4.03. The van der Waals surface area contributed by atoms with Gasteiger partial charge in [0.25, 0.3) is 0 Å². The Morgan fingerprint density at radius 3 is 1.73 bits per heavy atom. The van der Waals surface area contributed by atoms with Crippen molar-refractivity contribution in [3.05, 3.63) is 29.8 Å². The molecule has 0 fully saturated rings. The number of hydrogen-bond acceptors (Lipinski definition) is 4. The minimum atomic E-state index is -0.402. The van der Waals surface area contributed by atoms with Gasteiger partial charge in [-0.2, -0.15) is 0 Å². The second-order valence-electron chi connectivity index (χ2n) is 9.26. The second-order valence-corrected chi connectivity index (χ2v) is 9.26. The summed E-state index contributed by atoms with van der Waals surface area (Å²) >= 11 is 0. The molecule has 0 saturated heterocycles. The van der Waals surface area contributed by atoms with Crippen molar-refractivity contribution in [2.24, 2.45) is 0 Å². The summed E-state index contributed by atoms with van der Waals surface area (Å²) < 4.78 is 5.20. The summed E-state index contributed by atoms with van der Waals surface area (Å²) in [5, 5.41) is 9.27. The van der Waals surface area contributed by atoms with Crippen LogP contribution in [0.5, 0.6) is 5.75 Å². The Hall–Kier alpha value is -1.75. The number of hydrogen-bond donors (Lipinski definition) is 3. The molecule has 1 rings (SSSR count). The second kappa shape index (κ2) is 22.1. The van der Waals surface area contributed by atoms with Gasteiger partial charge in [0.15, 0.2) is 0 Å². The van der Waals surface area contributed by atoms with Gasteiger partial charge in [-0.25, -0.2) is 10.2 Å². The van der Waals surface area contributed by atoms with Crippen LogP contribution in [0.1, 0.15) is 122 Å². The molecule has 0 aliphatic rings. The summed E-state index contributed by atoms with van der Waals surface area (Å²) in [7, 11) is 0. The van der Waals surface area contributed by atoms with E-state index in [-0.39, 0.29) is 5.75 Å². The first-order valence-electron chi connectivity index (χ1n) is 13.7. The number of aromatic hydroxyl groups is 1. The van der Waals surface area contributed by atoms with Crippen LogP contribution in [0.15, 0.2) is 24.3 Å². The van der Waals surface area contributed by atoms with Crippen LogP contribution in [0.25, 0.3) is 0 Å². The van der Waals surface area contributed by atoms with Gasteiger partial charge >= 0.3 is 6.09 Å². The number of nitrogens with one attached hydrogen (secondary N) is 2. The number of rotatable bonds is 22. The topological polar surface area (TPSA) is 70.6 Å². The summed E-state index contributed by atoms with van der Waals surface area (Å²) in [6, 6.07) is 7.21. The Labute approximate surface area is 203 Å². The van der Waals surface area contributed by atoms with Crippen molar-refractivity contribution in [1.29, 1.82) is 0 Å². The molecule has 0 aliphatic carbocycles. The lowest BCUT2D eigenvalue weighted by atomic mass is 10.0. The lowest BCUT2D eigenvalue weighted by Gasteiger charge is -2.08. The van der Waals surface area contributed by atoms with Crippen LogP contribution in [-0.4, -0.2) is 24.4 Å². The fourth-order valence-corrected chi connectivity index (χ4v) is 4.03. The molecule has 0 aromatic heterocycles. The van der Waals surface area contributed by atoms with Crippen molar-refractivity contribution in [1.82, 2.24) is 10.9 Å². The molecule has 5 heteroatoms. The van der Waals surface area contributed by atoms with Gasteiger partial charge in [-0.15, -0.1) is 0 Å². The quantitative estimate of drug-likeness (QED) is 0.121. The molecule has 0 radical (unpaired) electrons. The van der Waals surface area contributed by atoms with E-state index in [1.54, 1.807) is 12.1 Å². The largest absolute Gasteiger partial charge is 0.508 e. The Bertz CT molecular complexity index is 563. The average Bonchev–Trinajstić information content (AvgIpc) is 2.82. The molecule has 1 aromatic carbocycles. The standard InChI is InChI=1S/C28H50N2O3/c1-2-3-4-5-6-7-8-9-10-11-12-13-14-15-16-17-25-33-28(32)30-29-24-18-19-26-20-22-27(31)23-21-26/h20-23,29,31H,2-19,24-25H2,1H3,(H,30,32). The third-order valence-electron chi connectivity index (χ3n) is 6.13. The Morgan fingerprint density at radius 2 is 1.21 bits per heavy atom. The maximum atomic E-state index is 11.7. The highest BCUT2D eigenvalue weighted by molar-refractivity contribution is 5.66. The van der Waals surface area contributed by atoms with Crippen LogP contribution < -0.4 is 10.9 Å². The molecule has 0 heterocycles. The average molecular weight is 463 g/mol. The highest BCUT2D eigenvalue weighted by Gasteiger charge is 2.01. The summed E-state index contributed by atoms with van der Waals surface area (Å²) in [5.74, 6) is 0.283. The summed E-state index contributed by atoms with van der Waals surface area (Å²) in [6.07, 6.45) is 22.8.